The van der Waals surface area contributed by atoms with Crippen molar-refractivity contribution >= 4 is 41.4 Å². The van der Waals surface area contributed by atoms with Crippen LogP contribution in [0.15, 0.2) is 30.3 Å². The van der Waals surface area contributed by atoms with E-state index in [0.717, 1.165) is 42.9 Å². The fraction of sp³-hybridized carbons (Fsp3) is 0.429. The first-order valence-corrected chi connectivity index (χ1v) is 9.88. The van der Waals surface area contributed by atoms with Gasteiger partial charge in [0.05, 0.1) is 5.02 Å². The average molecular weight is 441 g/mol. The van der Waals surface area contributed by atoms with E-state index in [-0.39, 0.29) is 29.4 Å². The number of aryl methyl sites for hydroxylation is 1. The number of carbonyl (C=O) groups excluding carboxylic acids is 1. The maximum atomic E-state index is 13.3. The van der Waals surface area contributed by atoms with Gasteiger partial charge in [0.2, 0.25) is 0 Å². The van der Waals surface area contributed by atoms with Crippen LogP contribution in [0.4, 0.5) is 15.9 Å². The van der Waals surface area contributed by atoms with E-state index in [1.54, 1.807) is 0 Å². The quantitative estimate of drug-likeness (QED) is 0.699. The molecule has 0 spiro atoms. The van der Waals surface area contributed by atoms with Crippen LogP contribution in [0.2, 0.25) is 5.02 Å². The summed E-state index contributed by atoms with van der Waals surface area (Å²) in [6.07, 6.45) is 3.65. The predicted octanol–water partition coefficient (Wildman–Crippen LogP) is 4.82. The number of anilines is 2. The zero-order valence-corrected chi connectivity index (χ0v) is 18.4. The Morgan fingerprint density at radius 3 is 2.41 bits per heavy atom. The largest absolute Gasteiger partial charge is 0.377 e. The zero-order chi connectivity index (χ0) is 20.3. The van der Waals surface area contributed by atoms with E-state index in [0.29, 0.717) is 11.6 Å². The third-order valence-corrected chi connectivity index (χ3v) is 5.34. The Morgan fingerprint density at radius 2 is 1.79 bits per heavy atom. The number of carbonyl (C=O) groups is 1. The lowest BCUT2D eigenvalue weighted by atomic mass is 9.91. The average Bonchev–Trinajstić information content (AvgIpc) is 2.65. The number of hydrogen-bond acceptors (Lipinski definition) is 4. The highest BCUT2D eigenvalue weighted by Gasteiger charge is 2.23. The zero-order valence-electron chi connectivity index (χ0n) is 16.8. The molecule has 1 aromatic carbocycles. The van der Waals surface area contributed by atoms with Crippen LogP contribution in [-0.4, -0.2) is 37.1 Å². The van der Waals surface area contributed by atoms with Crippen molar-refractivity contribution < 1.29 is 9.18 Å². The summed E-state index contributed by atoms with van der Waals surface area (Å²) in [5.41, 5.74) is 2.48. The highest BCUT2D eigenvalue weighted by atomic mass is 35.5. The van der Waals surface area contributed by atoms with Gasteiger partial charge in [-0.1, -0.05) is 11.6 Å². The predicted molar refractivity (Wildman–Crippen MR) is 119 cm³/mol. The van der Waals surface area contributed by atoms with Gasteiger partial charge in [0.1, 0.15) is 11.6 Å². The molecule has 0 bridgehead atoms. The molecule has 0 radical (unpaired) electrons. The maximum absolute atomic E-state index is 13.3. The van der Waals surface area contributed by atoms with Gasteiger partial charge in [-0.05, 0) is 56.9 Å². The molecular formula is C21H27Cl2FN4O. The molecule has 1 aliphatic carbocycles. The van der Waals surface area contributed by atoms with Gasteiger partial charge in [-0.2, -0.15) is 0 Å². The molecule has 5 nitrogen and oxygen atoms in total. The van der Waals surface area contributed by atoms with Crippen molar-refractivity contribution in [3.8, 4) is 0 Å². The van der Waals surface area contributed by atoms with Crippen molar-refractivity contribution in [2.24, 2.45) is 0 Å². The van der Waals surface area contributed by atoms with Crippen LogP contribution in [0.25, 0.3) is 0 Å². The minimum atomic E-state index is -0.521. The number of nitrogens with one attached hydrogen (secondary N) is 2. The number of halogens is 3. The molecule has 1 aromatic heterocycles. The highest BCUT2D eigenvalue weighted by Crippen LogP contribution is 2.24. The van der Waals surface area contributed by atoms with Crippen LogP contribution in [-0.2, 0) is 0 Å². The molecule has 0 atom stereocenters. The summed E-state index contributed by atoms with van der Waals surface area (Å²) in [6.45, 7) is 1.99. The first-order chi connectivity index (χ1) is 13.3. The molecule has 1 amide bonds. The Hall–Kier alpha value is -2.05. The summed E-state index contributed by atoms with van der Waals surface area (Å²) in [5, 5.41) is 6.52. The van der Waals surface area contributed by atoms with Crippen molar-refractivity contribution in [3.63, 3.8) is 0 Å². The van der Waals surface area contributed by atoms with Crippen LogP contribution < -0.4 is 15.5 Å². The Labute approximate surface area is 182 Å². The summed E-state index contributed by atoms with van der Waals surface area (Å²) >= 11 is 5.77. The fourth-order valence-corrected chi connectivity index (χ4v) is 3.66. The monoisotopic (exact) mass is 440 g/mol. The summed E-state index contributed by atoms with van der Waals surface area (Å²) < 4.78 is 13.3. The van der Waals surface area contributed by atoms with Gasteiger partial charge in [0.25, 0.3) is 5.91 Å². The molecule has 2 N–H and O–H groups in total. The molecule has 29 heavy (non-hydrogen) atoms. The highest BCUT2D eigenvalue weighted by molar-refractivity contribution is 6.31. The standard InChI is InChI=1S/C21H26ClFN4O.ClH/c1-13-10-17(27(2)3)12-20(24-13)25-15-5-7-16(8-6-15)26-21(28)14-4-9-19(23)18(22)11-14;/h4,9-12,15-16H,5-8H2,1-3H3,(H,24,25)(H,26,28);1H. The lowest BCUT2D eigenvalue weighted by molar-refractivity contribution is 0.0926. The second kappa shape index (κ2) is 10.1. The van der Waals surface area contributed by atoms with Gasteiger partial charge < -0.3 is 15.5 Å². The minimum Gasteiger partial charge on any atom is -0.377 e. The molecule has 2 aromatic rings. The van der Waals surface area contributed by atoms with Crippen LogP contribution >= 0.6 is 24.0 Å². The lowest BCUT2D eigenvalue weighted by Crippen LogP contribution is -2.40. The molecule has 1 fully saturated rings. The molecule has 3 rings (SSSR count). The van der Waals surface area contributed by atoms with Crippen LogP contribution in [0.5, 0.6) is 0 Å². The smallest absolute Gasteiger partial charge is 0.251 e. The first kappa shape index (κ1) is 23.2. The first-order valence-electron chi connectivity index (χ1n) is 9.50. The number of nitrogens with zero attached hydrogens (tertiary/aromatic N) is 2. The Kier molecular flexibility index (Phi) is 8.11. The van der Waals surface area contributed by atoms with Gasteiger partial charge in [-0.3, -0.25) is 4.79 Å². The second-order valence-electron chi connectivity index (χ2n) is 7.54. The van der Waals surface area contributed by atoms with Crippen molar-refractivity contribution in [3.05, 3.63) is 52.4 Å². The number of rotatable bonds is 5. The van der Waals surface area contributed by atoms with E-state index < -0.39 is 5.82 Å². The molecular weight excluding hydrogens is 414 g/mol. The van der Waals surface area contributed by atoms with Gasteiger partial charge in [0, 0.05) is 49.2 Å². The number of amides is 1. The van der Waals surface area contributed by atoms with E-state index in [1.807, 2.05) is 21.0 Å². The van der Waals surface area contributed by atoms with Crippen LogP contribution in [0.3, 0.4) is 0 Å². The minimum absolute atomic E-state index is 0. The number of benzene rings is 1. The van der Waals surface area contributed by atoms with E-state index >= 15 is 0 Å². The summed E-state index contributed by atoms with van der Waals surface area (Å²) in [4.78, 5) is 19.0. The molecule has 158 valence electrons. The van der Waals surface area contributed by atoms with Gasteiger partial charge >= 0.3 is 0 Å². The topological polar surface area (TPSA) is 57.3 Å². The normalized spacial score (nSPS) is 18.5. The molecule has 1 aliphatic rings. The van der Waals surface area contributed by atoms with Crippen molar-refractivity contribution in [1.82, 2.24) is 10.3 Å². The number of aromatic nitrogens is 1. The summed E-state index contributed by atoms with van der Waals surface area (Å²) in [6, 6.07) is 8.59. The lowest BCUT2D eigenvalue weighted by Gasteiger charge is -2.30. The van der Waals surface area contributed by atoms with Crippen molar-refractivity contribution in [1.29, 1.82) is 0 Å². The Bertz CT molecular complexity index is 855. The SMILES string of the molecule is Cc1cc(N(C)C)cc(NC2CCC(NC(=O)c3ccc(F)c(Cl)c3)CC2)n1.Cl. The van der Waals surface area contributed by atoms with Gasteiger partial charge in [-0.15, -0.1) is 12.4 Å². The van der Waals surface area contributed by atoms with Gasteiger partial charge in [0.15, 0.2) is 0 Å². The molecule has 0 aliphatic heterocycles. The molecule has 1 saturated carbocycles. The van der Waals surface area contributed by atoms with Crippen LogP contribution in [0.1, 0.15) is 41.7 Å². The molecule has 0 saturated heterocycles. The van der Waals surface area contributed by atoms with Crippen molar-refractivity contribution in [2.75, 3.05) is 24.3 Å². The fourth-order valence-electron chi connectivity index (χ4n) is 3.48. The van der Waals surface area contributed by atoms with E-state index in [9.17, 15) is 9.18 Å². The van der Waals surface area contributed by atoms with Crippen LogP contribution in [0, 0.1) is 12.7 Å². The van der Waals surface area contributed by atoms with Crippen molar-refractivity contribution in [2.45, 2.75) is 44.7 Å². The number of hydrogen-bond donors (Lipinski definition) is 2. The molecule has 8 heteroatoms. The third-order valence-electron chi connectivity index (χ3n) is 5.05. The number of pyridine rings is 1. The second-order valence-corrected chi connectivity index (χ2v) is 7.95. The van der Waals surface area contributed by atoms with E-state index in [1.165, 1.54) is 18.2 Å². The van der Waals surface area contributed by atoms with E-state index in [2.05, 4.69) is 32.7 Å². The third kappa shape index (κ3) is 6.21. The van der Waals surface area contributed by atoms with Gasteiger partial charge in [-0.25, -0.2) is 9.37 Å². The van der Waals surface area contributed by atoms with E-state index in [4.69, 9.17) is 11.6 Å². The maximum Gasteiger partial charge on any atom is 0.251 e. The summed E-state index contributed by atoms with van der Waals surface area (Å²) in [7, 11) is 4.03. The molecule has 1 heterocycles. The Balaban J connectivity index is 0.00000300. The summed E-state index contributed by atoms with van der Waals surface area (Å²) in [5.74, 6) is 0.151. The molecule has 0 unspecified atom stereocenters. The Morgan fingerprint density at radius 1 is 1.14 bits per heavy atom.